The zero-order valence-corrected chi connectivity index (χ0v) is 10.2. The Morgan fingerprint density at radius 3 is 2.50 bits per heavy atom. The second kappa shape index (κ2) is 3.89. The first kappa shape index (κ1) is 11.7. The largest absolute Gasteiger partial charge is 0.504 e. The fourth-order valence-electron chi connectivity index (χ4n) is 2.24. The van der Waals surface area contributed by atoms with Gasteiger partial charge in [0.1, 0.15) is 0 Å². The van der Waals surface area contributed by atoms with Crippen molar-refractivity contribution in [3.8, 4) is 11.5 Å². The van der Waals surface area contributed by atoms with Crippen molar-refractivity contribution in [2.75, 3.05) is 6.54 Å². The molecule has 0 radical (unpaired) electrons. The first-order valence-electron chi connectivity index (χ1n) is 5.12. The Bertz CT molecular complexity index is 427. The van der Waals surface area contributed by atoms with Crippen LogP contribution in [0.1, 0.15) is 24.8 Å². The molecule has 5 heteroatoms. The van der Waals surface area contributed by atoms with Crippen LogP contribution in [-0.4, -0.2) is 16.8 Å². The number of halogens is 2. The standard InChI is InChI=1S/C11H13BrFNO2/c12-6-4-7(15)10(16)9(13)8(6)11(5-14)2-1-3-11/h4,15-16H,1-3,5,14H2. The van der Waals surface area contributed by atoms with Gasteiger partial charge in [-0.05, 0) is 18.9 Å². The van der Waals surface area contributed by atoms with E-state index < -0.39 is 22.7 Å². The number of benzene rings is 1. The van der Waals surface area contributed by atoms with Crippen LogP contribution in [0.4, 0.5) is 4.39 Å². The van der Waals surface area contributed by atoms with Gasteiger partial charge in [-0.25, -0.2) is 4.39 Å². The summed E-state index contributed by atoms with van der Waals surface area (Å²) in [6.45, 7) is 0.340. The van der Waals surface area contributed by atoms with Gasteiger partial charge in [-0.2, -0.15) is 0 Å². The van der Waals surface area contributed by atoms with Crippen molar-refractivity contribution in [2.24, 2.45) is 5.73 Å². The SMILES string of the molecule is NCC1(c2c(Br)cc(O)c(O)c2F)CCC1. The van der Waals surface area contributed by atoms with Crippen LogP contribution in [0, 0.1) is 5.82 Å². The molecule has 16 heavy (non-hydrogen) atoms. The quantitative estimate of drug-likeness (QED) is 0.733. The van der Waals surface area contributed by atoms with Gasteiger partial charge in [-0.3, -0.25) is 0 Å². The lowest BCUT2D eigenvalue weighted by molar-refractivity contribution is 0.239. The third-order valence-corrected chi connectivity index (χ3v) is 4.03. The Kier molecular flexibility index (Phi) is 2.84. The van der Waals surface area contributed by atoms with Gasteiger partial charge in [0.25, 0.3) is 0 Å². The van der Waals surface area contributed by atoms with Crippen LogP contribution < -0.4 is 5.73 Å². The molecule has 0 heterocycles. The number of hydrogen-bond acceptors (Lipinski definition) is 3. The molecule has 0 bridgehead atoms. The van der Waals surface area contributed by atoms with E-state index in [1.165, 1.54) is 6.07 Å². The Morgan fingerprint density at radius 1 is 1.44 bits per heavy atom. The molecule has 0 amide bonds. The summed E-state index contributed by atoms with van der Waals surface area (Å²) in [5.74, 6) is -1.92. The van der Waals surface area contributed by atoms with E-state index in [9.17, 15) is 14.6 Å². The molecule has 0 unspecified atom stereocenters. The monoisotopic (exact) mass is 289 g/mol. The maximum atomic E-state index is 13.9. The van der Waals surface area contributed by atoms with Crippen molar-refractivity contribution in [3.63, 3.8) is 0 Å². The molecule has 4 N–H and O–H groups in total. The maximum absolute atomic E-state index is 13.9. The number of phenolic OH excluding ortho intramolecular Hbond substituents is 2. The minimum absolute atomic E-state index is 0.340. The van der Waals surface area contributed by atoms with Crippen LogP contribution in [0.5, 0.6) is 11.5 Å². The van der Waals surface area contributed by atoms with Gasteiger partial charge in [-0.1, -0.05) is 22.4 Å². The van der Waals surface area contributed by atoms with Gasteiger partial charge in [0.2, 0.25) is 0 Å². The van der Waals surface area contributed by atoms with Crippen LogP contribution in [0.15, 0.2) is 10.5 Å². The van der Waals surface area contributed by atoms with Gasteiger partial charge in [0, 0.05) is 22.0 Å². The number of hydrogen-bond donors (Lipinski definition) is 3. The predicted octanol–water partition coefficient (Wildman–Crippen LogP) is 2.38. The molecule has 0 aromatic heterocycles. The molecular weight excluding hydrogens is 277 g/mol. The lowest BCUT2D eigenvalue weighted by Gasteiger charge is -2.42. The molecule has 1 aliphatic carbocycles. The second-order valence-corrected chi connectivity index (χ2v) is 5.11. The second-order valence-electron chi connectivity index (χ2n) is 4.25. The predicted molar refractivity (Wildman–Crippen MR) is 62.0 cm³/mol. The topological polar surface area (TPSA) is 66.5 Å². The number of aromatic hydroxyl groups is 2. The van der Waals surface area contributed by atoms with E-state index in [0.29, 0.717) is 16.6 Å². The van der Waals surface area contributed by atoms with Gasteiger partial charge < -0.3 is 15.9 Å². The maximum Gasteiger partial charge on any atom is 0.194 e. The Balaban J connectivity index is 2.60. The Hall–Kier alpha value is -0.810. The van der Waals surface area contributed by atoms with Gasteiger partial charge in [0.05, 0.1) is 0 Å². The summed E-state index contributed by atoms with van der Waals surface area (Å²) in [6, 6.07) is 1.31. The zero-order valence-electron chi connectivity index (χ0n) is 8.63. The minimum atomic E-state index is -0.767. The first-order chi connectivity index (χ1) is 7.52. The van der Waals surface area contributed by atoms with Gasteiger partial charge in [-0.15, -0.1) is 0 Å². The number of rotatable bonds is 2. The molecule has 1 aromatic carbocycles. The highest BCUT2D eigenvalue weighted by atomic mass is 79.9. The molecule has 0 saturated heterocycles. The van der Waals surface area contributed by atoms with Crippen molar-refractivity contribution in [3.05, 3.63) is 21.9 Å². The molecule has 1 fully saturated rings. The lowest BCUT2D eigenvalue weighted by atomic mass is 9.64. The average molecular weight is 290 g/mol. The molecule has 1 aliphatic rings. The Labute approximate surface area is 101 Å². The van der Waals surface area contributed by atoms with Gasteiger partial charge >= 0.3 is 0 Å². The number of nitrogens with two attached hydrogens (primary N) is 1. The van der Waals surface area contributed by atoms with Crippen LogP contribution in [-0.2, 0) is 5.41 Å². The first-order valence-corrected chi connectivity index (χ1v) is 5.91. The minimum Gasteiger partial charge on any atom is -0.504 e. The molecule has 1 saturated carbocycles. The van der Waals surface area contributed by atoms with Crippen LogP contribution in [0.2, 0.25) is 0 Å². The van der Waals surface area contributed by atoms with E-state index in [1.807, 2.05) is 0 Å². The summed E-state index contributed by atoms with van der Waals surface area (Å²) in [5, 5.41) is 18.7. The smallest absolute Gasteiger partial charge is 0.194 e. The van der Waals surface area contributed by atoms with E-state index >= 15 is 0 Å². The fraction of sp³-hybridized carbons (Fsp3) is 0.455. The average Bonchev–Trinajstić information content (AvgIpc) is 2.18. The van der Waals surface area contributed by atoms with Crippen molar-refractivity contribution in [1.82, 2.24) is 0 Å². The lowest BCUT2D eigenvalue weighted by Crippen LogP contribution is -2.42. The van der Waals surface area contributed by atoms with E-state index in [2.05, 4.69) is 15.9 Å². The zero-order chi connectivity index (χ0) is 11.9. The van der Waals surface area contributed by atoms with E-state index in [4.69, 9.17) is 5.73 Å². The summed E-state index contributed by atoms with van der Waals surface area (Å²) in [6.07, 6.45) is 2.62. The normalized spacial score (nSPS) is 18.2. The summed E-state index contributed by atoms with van der Waals surface area (Å²) in [7, 11) is 0. The molecule has 2 rings (SSSR count). The highest BCUT2D eigenvalue weighted by molar-refractivity contribution is 9.10. The van der Waals surface area contributed by atoms with Crippen molar-refractivity contribution in [1.29, 1.82) is 0 Å². The Morgan fingerprint density at radius 2 is 2.06 bits per heavy atom. The molecular formula is C11H13BrFNO2. The summed E-state index contributed by atoms with van der Waals surface area (Å²) >= 11 is 3.22. The van der Waals surface area contributed by atoms with E-state index in [0.717, 1.165) is 19.3 Å². The fourth-order valence-corrected chi connectivity index (χ4v) is 3.05. The van der Waals surface area contributed by atoms with E-state index in [-0.39, 0.29) is 0 Å². The van der Waals surface area contributed by atoms with Crippen LogP contribution >= 0.6 is 15.9 Å². The molecule has 0 aliphatic heterocycles. The van der Waals surface area contributed by atoms with Crippen molar-refractivity contribution >= 4 is 15.9 Å². The molecule has 88 valence electrons. The van der Waals surface area contributed by atoms with Crippen LogP contribution in [0.25, 0.3) is 0 Å². The third kappa shape index (κ3) is 1.50. The highest BCUT2D eigenvalue weighted by Gasteiger charge is 2.42. The third-order valence-electron chi connectivity index (χ3n) is 3.40. The summed E-state index contributed by atoms with van der Waals surface area (Å²) in [4.78, 5) is 0. The summed E-state index contributed by atoms with van der Waals surface area (Å²) < 4.78 is 14.4. The number of phenols is 2. The highest BCUT2D eigenvalue weighted by Crippen LogP contribution is 2.49. The van der Waals surface area contributed by atoms with Crippen LogP contribution in [0.3, 0.4) is 0 Å². The van der Waals surface area contributed by atoms with Crippen molar-refractivity contribution in [2.45, 2.75) is 24.7 Å². The van der Waals surface area contributed by atoms with E-state index in [1.54, 1.807) is 0 Å². The molecule has 0 spiro atoms. The summed E-state index contributed by atoms with van der Waals surface area (Å²) in [5.41, 5.74) is 5.69. The molecule has 1 aromatic rings. The van der Waals surface area contributed by atoms with Crippen molar-refractivity contribution < 1.29 is 14.6 Å². The molecule has 0 atom stereocenters. The molecule has 3 nitrogen and oxygen atoms in total. The van der Waals surface area contributed by atoms with Gasteiger partial charge in [0.15, 0.2) is 17.3 Å².